The lowest BCUT2D eigenvalue weighted by molar-refractivity contribution is 0.428. The van der Waals surface area contributed by atoms with Crippen molar-refractivity contribution >= 4 is 10.0 Å². The van der Waals surface area contributed by atoms with Gasteiger partial charge in [-0.3, -0.25) is 0 Å². The molecule has 0 aromatic heterocycles. The zero-order chi connectivity index (χ0) is 13.0. The summed E-state index contributed by atoms with van der Waals surface area (Å²) in [6.45, 7) is 1.60. The molecule has 1 saturated heterocycles. The Morgan fingerprint density at radius 1 is 1.33 bits per heavy atom. The average molecular weight is 265 g/mol. The van der Waals surface area contributed by atoms with Crippen molar-refractivity contribution in [3.05, 3.63) is 29.8 Å². The van der Waals surface area contributed by atoms with Gasteiger partial charge in [0.05, 0.1) is 16.5 Å². The van der Waals surface area contributed by atoms with E-state index in [1.807, 2.05) is 6.07 Å². The summed E-state index contributed by atoms with van der Waals surface area (Å²) < 4.78 is 26.8. The van der Waals surface area contributed by atoms with E-state index in [1.165, 1.54) is 24.3 Å². The van der Waals surface area contributed by atoms with E-state index in [0.717, 1.165) is 19.4 Å². The molecule has 1 aromatic carbocycles. The Morgan fingerprint density at radius 2 is 2.06 bits per heavy atom. The van der Waals surface area contributed by atoms with Crippen molar-refractivity contribution in [2.24, 2.45) is 0 Å². The zero-order valence-corrected chi connectivity index (χ0v) is 10.7. The van der Waals surface area contributed by atoms with E-state index in [-0.39, 0.29) is 10.9 Å². The third-order valence-electron chi connectivity index (χ3n) is 2.91. The van der Waals surface area contributed by atoms with Crippen LogP contribution in [0.4, 0.5) is 0 Å². The highest BCUT2D eigenvalue weighted by Crippen LogP contribution is 2.12. The Bertz CT molecular complexity index is 540. The lowest BCUT2D eigenvalue weighted by Gasteiger charge is -2.23. The highest BCUT2D eigenvalue weighted by atomic mass is 32.2. The molecule has 2 N–H and O–H groups in total. The summed E-state index contributed by atoms with van der Waals surface area (Å²) >= 11 is 0. The highest BCUT2D eigenvalue weighted by molar-refractivity contribution is 7.89. The van der Waals surface area contributed by atoms with Crippen molar-refractivity contribution in [1.82, 2.24) is 10.0 Å². The van der Waals surface area contributed by atoms with E-state index >= 15 is 0 Å². The molecule has 1 aromatic rings. The van der Waals surface area contributed by atoms with Crippen molar-refractivity contribution in [2.45, 2.75) is 23.8 Å². The summed E-state index contributed by atoms with van der Waals surface area (Å²) in [5.41, 5.74) is 0.452. The quantitative estimate of drug-likeness (QED) is 0.838. The van der Waals surface area contributed by atoms with Crippen LogP contribution in [0.15, 0.2) is 29.2 Å². The van der Waals surface area contributed by atoms with Gasteiger partial charge >= 0.3 is 0 Å². The van der Waals surface area contributed by atoms with Gasteiger partial charge in [0.25, 0.3) is 0 Å². The summed E-state index contributed by atoms with van der Waals surface area (Å²) in [5, 5.41) is 11.8. The minimum atomic E-state index is -3.48. The number of benzene rings is 1. The summed E-state index contributed by atoms with van der Waals surface area (Å²) in [4.78, 5) is 0.201. The normalized spacial score (nSPS) is 20.3. The van der Waals surface area contributed by atoms with E-state index in [4.69, 9.17) is 5.26 Å². The summed E-state index contributed by atoms with van der Waals surface area (Å²) in [5.74, 6) is 0. The van der Waals surface area contributed by atoms with Crippen LogP contribution in [0.1, 0.15) is 18.4 Å². The van der Waals surface area contributed by atoms with Gasteiger partial charge in [-0.2, -0.15) is 5.26 Å². The first kappa shape index (κ1) is 13.0. The number of nitrogens with zero attached hydrogens (tertiary/aromatic N) is 1. The Hall–Kier alpha value is -1.42. The Labute approximate surface area is 107 Å². The number of piperidine rings is 1. The molecule has 5 nitrogen and oxygen atoms in total. The van der Waals surface area contributed by atoms with E-state index in [0.29, 0.717) is 12.1 Å². The molecule has 1 fully saturated rings. The van der Waals surface area contributed by atoms with E-state index < -0.39 is 10.0 Å². The molecule has 96 valence electrons. The standard InChI is InChI=1S/C12H15N3O2S/c13-8-10-3-5-12(6-4-10)18(16,17)15-11-2-1-7-14-9-11/h3-6,11,14-15H,1-2,7,9H2/t11-/m1/s1. The van der Waals surface area contributed by atoms with Crippen LogP contribution >= 0.6 is 0 Å². The molecule has 1 heterocycles. The van der Waals surface area contributed by atoms with E-state index in [9.17, 15) is 8.42 Å². The van der Waals surface area contributed by atoms with Crippen LogP contribution in [0.25, 0.3) is 0 Å². The Balaban J connectivity index is 2.12. The number of hydrogen-bond acceptors (Lipinski definition) is 4. The molecule has 1 atom stereocenters. The third-order valence-corrected chi connectivity index (χ3v) is 4.45. The molecule has 6 heteroatoms. The van der Waals surface area contributed by atoms with E-state index in [2.05, 4.69) is 10.0 Å². The maximum Gasteiger partial charge on any atom is 0.240 e. The second-order valence-electron chi connectivity index (χ2n) is 4.30. The van der Waals surface area contributed by atoms with Crippen LogP contribution in [-0.4, -0.2) is 27.5 Å². The van der Waals surface area contributed by atoms with Crippen LogP contribution in [0.3, 0.4) is 0 Å². The summed E-state index contributed by atoms with van der Waals surface area (Å²) in [6.07, 6.45) is 1.82. The van der Waals surface area contributed by atoms with Gasteiger partial charge in [-0.05, 0) is 43.7 Å². The minimum Gasteiger partial charge on any atom is -0.315 e. The fourth-order valence-corrected chi connectivity index (χ4v) is 3.22. The molecule has 0 bridgehead atoms. The fraction of sp³-hybridized carbons (Fsp3) is 0.417. The second kappa shape index (κ2) is 5.48. The first-order chi connectivity index (χ1) is 8.62. The molecule has 1 aliphatic rings. The lowest BCUT2D eigenvalue weighted by atomic mass is 10.1. The van der Waals surface area contributed by atoms with Crippen LogP contribution in [0, 0.1) is 11.3 Å². The Kier molecular flexibility index (Phi) is 3.97. The van der Waals surface area contributed by atoms with Crippen molar-refractivity contribution in [2.75, 3.05) is 13.1 Å². The maximum absolute atomic E-state index is 12.1. The predicted octanol–water partition coefficient (Wildman–Crippen LogP) is 0.589. The predicted molar refractivity (Wildman–Crippen MR) is 67.4 cm³/mol. The smallest absolute Gasteiger partial charge is 0.240 e. The number of hydrogen-bond donors (Lipinski definition) is 2. The number of nitrogens with one attached hydrogen (secondary N) is 2. The van der Waals surface area contributed by atoms with Gasteiger partial charge in [0.15, 0.2) is 0 Å². The molecule has 0 radical (unpaired) electrons. The van der Waals surface area contributed by atoms with Gasteiger partial charge in [-0.1, -0.05) is 0 Å². The largest absolute Gasteiger partial charge is 0.315 e. The minimum absolute atomic E-state index is 0.0561. The monoisotopic (exact) mass is 265 g/mol. The van der Waals surface area contributed by atoms with Crippen LogP contribution in [0.5, 0.6) is 0 Å². The van der Waals surface area contributed by atoms with Gasteiger partial charge in [0.2, 0.25) is 10.0 Å². The molecular weight excluding hydrogens is 250 g/mol. The van der Waals surface area contributed by atoms with Crippen LogP contribution in [0.2, 0.25) is 0 Å². The number of rotatable bonds is 3. The van der Waals surface area contributed by atoms with Gasteiger partial charge in [-0.25, -0.2) is 13.1 Å². The van der Waals surface area contributed by atoms with Gasteiger partial charge in [-0.15, -0.1) is 0 Å². The molecule has 0 amide bonds. The highest BCUT2D eigenvalue weighted by Gasteiger charge is 2.21. The van der Waals surface area contributed by atoms with E-state index in [1.54, 1.807) is 0 Å². The van der Waals surface area contributed by atoms with Crippen molar-refractivity contribution < 1.29 is 8.42 Å². The number of sulfonamides is 1. The maximum atomic E-state index is 12.1. The third kappa shape index (κ3) is 3.07. The van der Waals surface area contributed by atoms with Gasteiger partial charge in [0.1, 0.15) is 0 Å². The first-order valence-corrected chi connectivity index (χ1v) is 7.33. The van der Waals surface area contributed by atoms with Gasteiger partial charge in [0, 0.05) is 12.6 Å². The molecule has 0 saturated carbocycles. The molecule has 2 rings (SSSR count). The molecule has 0 spiro atoms. The zero-order valence-electron chi connectivity index (χ0n) is 9.89. The van der Waals surface area contributed by atoms with Crippen molar-refractivity contribution in [3.63, 3.8) is 0 Å². The molecule has 18 heavy (non-hydrogen) atoms. The SMILES string of the molecule is N#Cc1ccc(S(=O)(=O)N[C@@H]2CCCNC2)cc1. The van der Waals surface area contributed by atoms with Crippen LogP contribution in [-0.2, 0) is 10.0 Å². The fourth-order valence-electron chi connectivity index (χ4n) is 1.95. The molecule has 1 aliphatic heterocycles. The second-order valence-corrected chi connectivity index (χ2v) is 6.01. The molecule has 0 unspecified atom stereocenters. The lowest BCUT2D eigenvalue weighted by Crippen LogP contribution is -2.45. The molecular formula is C12H15N3O2S. The Morgan fingerprint density at radius 3 is 2.61 bits per heavy atom. The van der Waals surface area contributed by atoms with Crippen molar-refractivity contribution in [1.29, 1.82) is 5.26 Å². The topological polar surface area (TPSA) is 82.0 Å². The average Bonchev–Trinajstić information content (AvgIpc) is 2.39. The molecule has 0 aliphatic carbocycles. The van der Waals surface area contributed by atoms with Gasteiger partial charge < -0.3 is 5.32 Å². The van der Waals surface area contributed by atoms with Crippen LogP contribution < -0.4 is 10.0 Å². The number of nitriles is 1. The summed E-state index contributed by atoms with van der Waals surface area (Å²) in [6, 6.07) is 7.83. The van der Waals surface area contributed by atoms with Crippen molar-refractivity contribution in [3.8, 4) is 6.07 Å². The summed E-state index contributed by atoms with van der Waals surface area (Å²) in [7, 11) is -3.48. The first-order valence-electron chi connectivity index (χ1n) is 5.85.